The Hall–Kier alpha value is -2.31. The van der Waals surface area contributed by atoms with E-state index >= 15 is 0 Å². The van der Waals surface area contributed by atoms with Crippen molar-refractivity contribution in [2.75, 3.05) is 32.1 Å². The zero-order valence-electron chi connectivity index (χ0n) is 20.6. The van der Waals surface area contributed by atoms with Crippen molar-refractivity contribution in [2.24, 2.45) is 0 Å². The third-order valence-electron chi connectivity index (χ3n) is 7.04. The fourth-order valence-electron chi connectivity index (χ4n) is 5.25. The summed E-state index contributed by atoms with van der Waals surface area (Å²) in [6.07, 6.45) is 0.591. The van der Waals surface area contributed by atoms with Gasteiger partial charge in [0.2, 0.25) is 0 Å². The molecule has 1 atom stereocenters. The molecule has 4 heterocycles. The maximum atomic E-state index is 14.0. The van der Waals surface area contributed by atoms with Crippen LogP contribution in [0.3, 0.4) is 0 Å². The fourth-order valence-corrected chi connectivity index (χ4v) is 7.44. The van der Waals surface area contributed by atoms with E-state index in [0.717, 1.165) is 50.5 Å². The minimum Gasteiger partial charge on any atom is -0.548 e. The number of fused-ring (bicyclic) bond motifs is 2. The molecule has 184 valence electrons. The summed E-state index contributed by atoms with van der Waals surface area (Å²) in [5.74, 6) is -0.912. The number of rotatable bonds is 6. The largest absolute Gasteiger partial charge is 1.00 e. The molecule has 0 unspecified atom stereocenters. The smallest absolute Gasteiger partial charge is 0.548 e. The third-order valence-corrected chi connectivity index (χ3v) is 9.08. The third kappa shape index (κ3) is 4.95. The van der Waals surface area contributed by atoms with Crippen LogP contribution in [-0.2, 0) is 22.5 Å². The van der Waals surface area contributed by atoms with E-state index in [1.54, 1.807) is 11.3 Å². The summed E-state index contributed by atoms with van der Waals surface area (Å²) in [5.41, 5.74) is 3.58. The first-order valence-electron chi connectivity index (χ1n) is 12.1. The average Bonchev–Trinajstić information content (AvgIpc) is 3.58. The van der Waals surface area contributed by atoms with Gasteiger partial charge in [-0.25, -0.2) is 0 Å². The van der Waals surface area contributed by atoms with Crippen LogP contribution >= 0.6 is 23.1 Å². The summed E-state index contributed by atoms with van der Waals surface area (Å²) in [6.45, 7) is 3.19. The number of carboxylic acids is 1. The second-order valence-electron chi connectivity index (χ2n) is 9.14. The summed E-state index contributed by atoms with van der Waals surface area (Å²) in [4.78, 5) is 29.4. The minimum absolute atomic E-state index is 0. The number of thiophene rings is 1. The van der Waals surface area contributed by atoms with Gasteiger partial charge >= 0.3 is 18.9 Å². The molecule has 9 heteroatoms. The van der Waals surface area contributed by atoms with Crippen LogP contribution in [0.2, 0.25) is 0 Å². The van der Waals surface area contributed by atoms with Gasteiger partial charge in [-0.1, -0.05) is 48.5 Å². The van der Waals surface area contributed by atoms with Crippen molar-refractivity contribution >= 4 is 39.8 Å². The molecule has 0 amide bonds. The SMILES string of the molecule is O=C([O-])[C@@H]1CSc2c(-c3cccs3)c(Cc3cccc4ccccc34)c(CN3CCOCC3)c(=O)n21.[Li+]. The molecule has 1 saturated heterocycles. The van der Waals surface area contributed by atoms with Gasteiger partial charge < -0.3 is 14.6 Å². The van der Waals surface area contributed by atoms with Crippen LogP contribution in [0.15, 0.2) is 69.8 Å². The molecule has 0 spiro atoms. The second-order valence-corrected chi connectivity index (χ2v) is 11.1. The first kappa shape index (κ1) is 26.3. The molecule has 2 aromatic carbocycles. The topological polar surface area (TPSA) is 74.6 Å². The van der Waals surface area contributed by atoms with Gasteiger partial charge in [0.25, 0.3) is 5.56 Å². The molecule has 6 rings (SSSR count). The maximum Gasteiger partial charge on any atom is 1.00 e. The van der Waals surface area contributed by atoms with Crippen molar-refractivity contribution in [2.45, 2.75) is 24.0 Å². The molecule has 2 aliphatic heterocycles. The van der Waals surface area contributed by atoms with Crippen LogP contribution in [0.25, 0.3) is 21.2 Å². The quantitative estimate of drug-likeness (QED) is 0.343. The van der Waals surface area contributed by atoms with Gasteiger partial charge in [-0.3, -0.25) is 14.3 Å². The summed E-state index contributed by atoms with van der Waals surface area (Å²) in [5, 5.41) is 17.1. The molecule has 0 radical (unpaired) electrons. The number of carboxylic acid groups (broad SMARTS) is 1. The molecule has 0 aliphatic carbocycles. The predicted molar refractivity (Wildman–Crippen MR) is 142 cm³/mol. The number of aliphatic carboxylic acids is 1. The Morgan fingerprint density at radius 3 is 2.57 bits per heavy atom. The Balaban J connectivity index is 0.00000280. The minimum atomic E-state index is -1.21. The summed E-state index contributed by atoms with van der Waals surface area (Å²) in [6, 6.07) is 17.7. The molecule has 4 aromatic rings. The Labute approximate surface area is 235 Å². The normalized spacial score (nSPS) is 17.5. The number of nitrogens with zero attached hydrogens (tertiary/aromatic N) is 2. The summed E-state index contributed by atoms with van der Waals surface area (Å²) in [7, 11) is 0. The van der Waals surface area contributed by atoms with Crippen LogP contribution < -0.4 is 29.5 Å². The molecule has 0 saturated carbocycles. The molecule has 6 nitrogen and oxygen atoms in total. The predicted octanol–water partition coefficient (Wildman–Crippen LogP) is 0.554. The van der Waals surface area contributed by atoms with Crippen LogP contribution in [0.1, 0.15) is 22.7 Å². The Morgan fingerprint density at radius 1 is 1.03 bits per heavy atom. The number of benzene rings is 2. The van der Waals surface area contributed by atoms with E-state index in [4.69, 9.17) is 4.74 Å². The fraction of sp³-hybridized carbons (Fsp3) is 0.286. The maximum absolute atomic E-state index is 14.0. The van der Waals surface area contributed by atoms with Gasteiger partial charge in [0.05, 0.1) is 30.3 Å². The van der Waals surface area contributed by atoms with Gasteiger partial charge in [-0.05, 0) is 39.8 Å². The number of ether oxygens (including phenoxy) is 1. The molecule has 0 bridgehead atoms. The second kappa shape index (κ2) is 11.2. The van der Waals surface area contributed by atoms with Crippen molar-refractivity contribution in [3.8, 4) is 10.4 Å². The number of pyridine rings is 1. The van der Waals surface area contributed by atoms with E-state index in [9.17, 15) is 14.7 Å². The standard InChI is InChI=1S/C28H26N2O4S2.Li/c31-26-22(16-29-10-12-34-13-11-29)21(15-19-7-3-6-18-5-1-2-8-20(18)19)25(24-9-4-14-35-24)27-30(26)23(17-36-27)28(32)33;/h1-9,14,23H,10-13,15-17H2,(H,32,33);/q;+1/p-1/t23-;/m0./s1. The van der Waals surface area contributed by atoms with Gasteiger partial charge in [-0.2, -0.15) is 0 Å². The molecule has 2 aliphatic rings. The van der Waals surface area contributed by atoms with Crippen molar-refractivity contribution in [1.29, 1.82) is 0 Å². The van der Waals surface area contributed by atoms with E-state index in [-0.39, 0.29) is 24.4 Å². The zero-order valence-corrected chi connectivity index (χ0v) is 22.3. The van der Waals surface area contributed by atoms with Crippen LogP contribution in [0.4, 0.5) is 0 Å². The Morgan fingerprint density at radius 2 is 1.81 bits per heavy atom. The van der Waals surface area contributed by atoms with E-state index < -0.39 is 12.0 Å². The molecule has 2 aromatic heterocycles. The van der Waals surface area contributed by atoms with Crippen molar-refractivity contribution in [1.82, 2.24) is 9.47 Å². The van der Waals surface area contributed by atoms with Gasteiger partial charge in [-0.15, -0.1) is 23.1 Å². The van der Waals surface area contributed by atoms with Crippen LogP contribution in [0, 0.1) is 0 Å². The van der Waals surface area contributed by atoms with Gasteiger partial charge in [0.1, 0.15) is 0 Å². The number of carbonyl (C=O) groups is 1. The first-order valence-corrected chi connectivity index (χ1v) is 13.9. The van der Waals surface area contributed by atoms with Crippen LogP contribution in [-0.4, -0.2) is 47.5 Å². The monoisotopic (exact) mass is 524 g/mol. The van der Waals surface area contributed by atoms with E-state index in [0.29, 0.717) is 37.5 Å². The number of hydrogen-bond acceptors (Lipinski definition) is 7. The number of aromatic nitrogens is 1. The molecule has 1 fully saturated rings. The summed E-state index contributed by atoms with van der Waals surface area (Å²) < 4.78 is 7.02. The molecular formula is C28H25LiN2O4S2. The van der Waals surface area contributed by atoms with Crippen molar-refractivity contribution in [3.63, 3.8) is 0 Å². The number of thioether (sulfide) groups is 1. The first-order chi connectivity index (χ1) is 17.6. The Kier molecular flexibility index (Phi) is 7.96. The molecule has 0 N–H and O–H groups in total. The van der Waals surface area contributed by atoms with Gasteiger partial charge in [0.15, 0.2) is 0 Å². The molecular weight excluding hydrogens is 499 g/mol. The van der Waals surface area contributed by atoms with Gasteiger partial charge in [0, 0.05) is 41.4 Å². The van der Waals surface area contributed by atoms with Crippen molar-refractivity contribution < 1.29 is 33.5 Å². The molecule has 37 heavy (non-hydrogen) atoms. The number of hydrogen-bond donors (Lipinski definition) is 0. The van der Waals surface area contributed by atoms with E-state index in [1.165, 1.54) is 16.3 Å². The summed E-state index contributed by atoms with van der Waals surface area (Å²) >= 11 is 3.06. The zero-order chi connectivity index (χ0) is 24.6. The number of carbonyl (C=O) groups excluding carboxylic acids is 1. The van der Waals surface area contributed by atoms with Crippen LogP contribution in [0.5, 0.6) is 0 Å². The van der Waals surface area contributed by atoms with Crippen molar-refractivity contribution in [3.05, 3.63) is 87.0 Å². The van der Waals surface area contributed by atoms with E-state index in [1.807, 2.05) is 23.6 Å². The van der Waals surface area contributed by atoms with E-state index in [2.05, 4.69) is 41.3 Å². The average molecular weight is 525 g/mol. The number of morpholine rings is 1. The Bertz CT molecular complexity index is 1490.